The van der Waals surface area contributed by atoms with Crippen LogP contribution in [0.15, 0.2) is 66.7 Å². The van der Waals surface area contributed by atoms with E-state index in [1.54, 1.807) is 0 Å². The third-order valence-electron chi connectivity index (χ3n) is 8.14. The van der Waals surface area contributed by atoms with Crippen molar-refractivity contribution in [3.05, 3.63) is 83.4 Å². The molecule has 2 aliphatic carbocycles. The van der Waals surface area contributed by atoms with Gasteiger partial charge in [-0.3, -0.25) is 4.79 Å². The SMILES string of the molecule is O=C(Nc1ccc2c(c1)OCO2)c1ccc2c(c1)[C@@H]1[C@H]3CC[C@@H](C3)[C@H]1[C@H](c1ccccc1)N2. The van der Waals surface area contributed by atoms with E-state index in [2.05, 4.69) is 53.1 Å². The zero-order chi connectivity index (χ0) is 21.9. The average molecular weight is 439 g/mol. The molecule has 4 aliphatic rings. The van der Waals surface area contributed by atoms with Crippen molar-refractivity contribution in [1.29, 1.82) is 0 Å². The number of hydrogen-bond donors (Lipinski definition) is 2. The number of rotatable bonds is 3. The largest absolute Gasteiger partial charge is 0.454 e. The van der Waals surface area contributed by atoms with Gasteiger partial charge in [-0.1, -0.05) is 30.3 Å². The van der Waals surface area contributed by atoms with Gasteiger partial charge >= 0.3 is 0 Å². The van der Waals surface area contributed by atoms with Crippen molar-refractivity contribution in [2.45, 2.75) is 31.2 Å². The van der Waals surface area contributed by atoms with Crippen LogP contribution >= 0.6 is 0 Å². The highest BCUT2D eigenvalue weighted by Gasteiger charge is 2.53. The topological polar surface area (TPSA) is 59.6 Å². The summed E-state index contributed by atoms with van der Waals surface area (Å²) in [7, 11) is 0. The Kier molecular flexibility index (Phi) is 4.20. The molecular weight excluding hydrogens is 412 g/mol. The Balaban J connectivity index is 1.21. The summed E-state index contributed by atoms with van der Waals surface area (Å²) in [5, 5.41) is 6.88. The third kappa shape index (κ3) is 3.02. The Labute approximate surface area is 193 Å². The van der Waals surface area contributed by atoms with Gasteiger partial charge in [-0.2, -0.15) is 0 Å². The van der Waals surface area contributed by atoms with E-state index < -0.39 is 0 Å². The molecule has 5 heteroatoms. The van der Waals surface area contributed by atoms with Gasteiger partial charge in [0.15, 0.2) is 11.5 Å². The van der Waals surface area contributed by atoms with Crippen LogP contribution in [0.2, 0.25) is 0 Å². The summed E-state index contributed by atoms with van der Waals surface area (Å²) in [4.78, 5) is 13.1. The van der Waals surface area contributed by atoms with Crippen LogP contribution in [0.4, 0.5) is 11.4 Å². The zero-order valence-electron chi connectivity index (χ0n) is 18.3. The molecule has 5 nitrogen and oxygen atoms in total. The minimum atomic E-state index is -0.0958. The number of hydrogen-bond acceptors (Lipinski definition) is 4. The fourth-order valence-corrected chi connectivity index (χ4v) is 6.80. The molecule has 2 fully saturated rings. The van der Waals surface area contributed by atoms with Crippen LogP contribution < -0.4 is 20.1 Å². The highest BCUT2D eigenvalue weighted by molar-refractivity contribution is 6.05. The number of carbonyl (C=O) groups excluding carboxylic acids is 1. The quantitative estimate of drug-likeness (QED) is 0.529. The molecule has 2 saturated carbocycles. The number of nitrogens with one attached hydrogen (secondary N) is 2. The van der Waals surface area contributed by atoms with E-state index >= 15 is 0 Å². The summed E-state index contributed by atoms with van der Waals surface area (Å²) >= 11 is 0. The van der Waals surface area contributed by atoms with Crippen molar-refractivity contribution in [2.24, 2.45) is 17.8 Å². The van der Waals surface area contributed by atoms with Crippen molar-refractivity contribution < 1.29 is 14.3 Å². The summed E-state index contributed by atoms with van der Waals surface area (Å²) in [6.07, 6.45) is 3.95. The summed E-state index contributed by atoms with van der Waals surface area (Å²) in [5.41, 5.74) is 5.28. The number of ether oxygens (including phenoxy) is 2. The fraction of sp³-hybridized carbons (Fsp3) is 0.321. The standard InChI is InChI=1S/C28H26N2O3/c31-28(29-20-9-11-23-24(14-20)33-15-32-23)19-8-10-22-21(13-19)25-17-6-7-18(12-17)26(25)27(30-22)16-4-2-1-3-5-16/h1-5,8-11,13-14,17-18,25-27,30H,6-7,12,15H2,(H,29,31)/t17-,18-,25-,26+,27-/m0/s1. The molecule has 33 heavy (non-hydrogen) atoms. The minimum absolute atomic E-state index is 0.0958. The van der Waals surface area contributed by atoms with Crippen LogP contribution in [-0.2, 0) is 0 Å². The Morgan fingerprint density at radius 3 is 2.67 bits per heavy atom. The van der Waals surface area contributed by atoms with Crippen LogP contribution in [0, 0.1) is 17.8 Å². The van der Waals surface area contributed by atoms with E-state index in [0.717, 1.165) is 11.8 Å². The maximum atomic E-state index is 13.1. The molecule has 3 aromatic carbocycles. The molecule has 2 bridgehead atoms. The van der Waals surface area contributed by atoms with E-state index in [4.69, 9.17) is 9.47 Å². The maximum absolute atomic E-state index is 13.1. The Morgan fingerprint density at radius 1 is 0.909 bits per heavy atom. The molecule has 0 spiro atoms. The van der Waals surface area contributed by atoms with E-state index in [-0.39, 0.29) is 12.7 Å². The first kappa shape index (κ1) is 19.0. The van der Waals surface area contributed by atoms with Gasteiger partial charge in [0.25, 0.3) is 5.91 Å². The zero-order valence-corrected chi connectivity index (χ0v) is 18.3. The van der Waals surface area contributed by atoms with Gasteiger partial charge in [0.05, 0.1) is 6.04 Å². The molecule has 2 N–H and O–H groups in total. The smallest absolute Gasteiger partial charge is 0.255 e. The predicted octanol–water partition coefficient (Wildman–Crippen LogP) is 5.96. The van der Waals surface area contributed by atoms with Gasteiger partial charge in [0.2, 0.25) is 6.79 Å². The first-order valence-electron chi connectivity index (χ1n) is 11.9. The molecule has 2 aliphatic heterocycles. The van der Waals surface area contributed by atoms with Crippen LogP contribution in [0.25, 0.3) is 0 Å². The van der Waals surface area contributed by atoms with Gasteiger partial charge in [-0.25, -0.2) is 0 Å². The molecule has 0 saturated heterocycles. The Morgan fingerprint density at radius 2 is 1.76 bits per heavy atom. The second-order valence-corrected chi connectivity index (χ2v) is 9.79. The Bertz CT molecular complexity index is 1240. The summed E-state index contributed by atoms with van der Waals surface area (Å²) in [6, 6.07) is 22.9. The van der Waals surface area contributed by atoms with E-state index in [9.17, 15) is 4.79 Å². The number of benzene rings is 3. The van der Waals surface area contributed by atoms with Gasteiger partial charge in [0, 0.05) is 23.0 Å². The number of amides is 1. The molecule has 1 amide bonds. The number of fused-ring (bicyclic) bond motifs is 8. The van der Waals surface area contributed by atoms with Crippen LogP contribution in [-0.4, -0.2) is 12.7 Å². The molecule has 7 rings (SSSR count). The lowest BCUT2D eigenvalue weighted by atomic mass is 9.68. The lowest BCUT2D eigenvalue weighted by Gasteiger charge is -2.43. The molecule has 0 aromatic heterocycles. The lowest BCUT2D eigenvalue weighted by molar-refractivity contribution is 0.102. The van der Waals surface area contributed by atoms with Gasteiger partial charge in [-0.05, 0) is 84.4 Å². The highest BCUT2D eigenvalue weighted by Crippen LogP contribution is 2.63. The molecule has 0 unspecified atom stereocenters. The van der Waals surface area contributed by atoms with Crippen LogP contribution in [0.3, 0.4) is 0 Å². The van der Waals surface area contributed by atoms with Crippen molar-refractivity contribution in [2.75, 3.05) is 17.4 Å². The van der Waals surface area contributed by atoms with Crippen molar-refractivity contribution in [3.8, 4) is 11.5 Å². The van der Waals surface area contributed by atoms with Gasteiger partial charge in [-0.15, -0.1) is 0 Å². The Hall–Kier alpha value is -3.47. The monoisotopic (exact) mass is 438 g/mol. The molecule has 0 radical (unpaired) electrons. The number of anilines is 2. The van der Waals surface area contributed by atoms with Crippen molar-refractivity contribution in [3.63, 3.8) is 0 Å². The molecular formula is C28H26N2O3. The van der Waals surface area contributed by atoms with Gasteiger partial charge < -0.3 is 20.1 Å². The van der Waals surface area contributed by atoms with Crippen molar-refractivity contribution >= 4 is 17.3 Å². The van der Waals surface area contributed by atoms with Gasteiger partial charge in [0.1, 0.15) is 0 Å². The van der Waals surface area contributed by atoms with Crippen molar-refractivity contribution in [1.82, 2.24) is 0 Å². The highest BCUT2D eigenvalue weighted by atomic mass is 16.7. The van der Waals surface area contributed by atoms with Crippen LogP contribution in [0.5, 0.6) is 11.5 Å². The summed E-state index contributed by atoms with van der Waals surface area (Å²) in [6.45, 7) is 0.221. The first-order chi connectivity index (χ1) is 16.2. The normalized spacial score (nSPS) is 28.1. The van der Waals surface area contributed by atoms with E-state index in [1.165, 1.54) is 36.1 Å². The molecule has 2 heterocycles. The predicted molar refractivity (Wildman–Crippen MR) is 127 cm³/mol. The van der Waals surface area contributed by atoms with E-state index in [1.807, 2.05) is 24.3 Å². The second-order valence-electron chi connectivity index (χ2n) is 9.79. The third-order valence-corrected chi connectivity index (χ3v) is 8.14. The molecule has 5 atom stereocenters. The fourth-order valence-electron chi connectivity index (χ4n) is 6.80. The minimum Gasteiger partial charge on any atom is -0.454 e. The molecule has 3 aromatic rings. The average Bonchev–Trinajstić information content (AvgIpc) is 3.60. The number of carbonyl (C=O) groups is 1. The second kappa shape index (κ2) is 7.27. The van der Waals surface area contributed by atoms with E-state index in [0.29, 0.717) is 40.6 Å². The molecule has 166 valence electrons. The summed E-state index contributed by atoms with van der Waals surface area (Å²) in [5.74, 6) is 3.87. The lowest BCUT2D eigenvalue weighted by Crippen LogP contribution is -2.35. The van der Waals surface area contributed by atoms with Crippen LogP contribution in [0.1, 0.15) is 52.7 Å². The first-order valence-corrected chi connectivity index (χ1v) is 11.9. The summed E-state index contributed by atoms with van der Waals surface area (Å²) < 4.78 is 10.8. The maximum Gasteiger partial charge on any atom is 0.255 e.